The lowest BCUT2D eigenvalue weighted by Crippen LogP contribution is -2.49. The third-order valence-electron chi connectivity index (χ3n) is 3.30. The van der Waals surface area contributed by atoms with E-state index in [-0.39, 0.29) is 5.41 Å². The second-order valence-corrected chi connectivity index (χ2v) is 5.03. The predicted molar refractivity (Wildman–Crippen MR) is 68.1 cm³/mol. The number of hydrogen-bond acceptors (Lipinski definition) is 3. The van der Waals surface area contributed by atoms with Gasteiger partial charge in [-0.25, -0.2) is 0 Å². The first-order chi connectivity index (χ1) is 8.06. The molecule has 0 spiro atoms. The summed E-state index contributed by atoms with van der Waals surface area (Å²) in [5.74, 6) is 0. The number of nitrogens with zero attached hydrogens (tertiary/aromatic N) is 2. The summed E-state index contributed by atoms with van der Waals surface area (Å²) in [6.07, 6.45) is 0. The largest absolute Gasteiger partial charge is 0.378 e. The Bertz CT molecular complexity index is 458. The highest BCUT2D eigenvalue weighted by atomic mass is 16.5. The Morgan fingerprint density at radius 3 is 2.59 bits per heavy atom. The first kappa shape index (κ1) is 11.9. The summed E-state index contributed by atoms with van der Waals surface area (Å²) in [5, 5.41) is 9.19. The van der Waals surface area contributed by atoms with Crippen LogP contribution in [0.5, 0.6) is 0 Å². The molecule has 1 aliphatic heterocycles. The summed E-state index contributed by atoms with van der Waals surface area (Å²) in [6, 6.07) is 8.78. The fourth-order valence-corrected chi connectivity index (χ4v) is 2.31. The molecule has 0 unspecified atom stereocenters. The van der Waals surface area contributed by atoms with Crippen molar-refractivity contribution in [2.24, 2.45) is 5.41 Å². The van der Waals surface area contributed by atoms with Gasteiger partial charge in [0, 0.05) is 19.3 Å². The average Bonchev–Trinajstić information content (AvgIpc) is 2.23. The molecule has 0 saturated carbocycles. The normalized spacial score (nSPS) is 17.1. The highest BCUT2D eigenvalue weighted by molar-refractivity contribution is 5.54. The first-order valence-electron chi connectivity index (χ1n) is 5.84. The summed E-state index contributed by atoms with van der Waals surface area (Å²) in [6.45, 7) is 6.04. The van der Waals surface area contributed by atoms with Gasteiger partial charge >= 0.3 is 0 Å². The molecule has 1 heterocycles. The van der Waals surface area contributed by atoms with Gasteiger partial charge in [-0.3, -0.25) is 0 Å². The van der Waals surface area contributed by atoms with Crippen molar-refractivity contribution in [1.82, 2.24) is 0 Å². The molecule has 90 valence electrons. The summed E-state index contributed by atoms with van der Waals surface area (Å²) >= 11 is 0. The average molecular weight is 230 g/mol. The summed E-state index contributed by atoms with van der Waals surface area (Å²) in [5.41, 5.74) is 3.39. The number of benzene rings is 1. The van der Waals surface area contributed by atoms with Crippen molar-refractivity contribution in [2.45, 2.75) is 13.8 Å². The van der Waals surface area contributed by atoms with E-state index in [0.29, 0.717) is 13.2 Å². The van der Waals surface area contributed by atoms with Crippen LogP contribution in [0.1, 0.15) is 11.1 Å². The van der Waals surface area contributed by atoms with Gasteiger partial charge in [0.25, 0.3) is 0 Å². The second kappa shape index (κ2) is 4.38. The van der Waals surface area contributed by atoms with Gasteiger partial charge in [0.1, 0.15) is 5.41 Å². The van der Waals surface area contributed by atoms with Gasteiger partial charge in [-0.1, -0.05) is 17.7 Å². The fourth-order valence-electron chi connectivity index (χ4n) is 2.31. The van der Waals surface area contributed by atoms with E-state index in [1.54, 1.807) is 0 Å². The maximum absolute atomic E-state index is 9.19. The number of hydrogen-bond donors (Lipinski definition) is 0. The molecule has 3 heteroatoms. The Morgan fingerprint density at radius 2 is 2.12 bits per heavy atom. The van der Waals surface area contributed by atoms with Crippen molar-refractivity contribution in [3.8, 4) is 6.07 Å². The van der Waals surface area contributed by atoms with E-state index in [0.717, 1.165) is 6.54 Å². The third-order valence-corrected chi connectivity index (χ3v) is 3.30. The molecule has 0 atom stereocenters. The van der Waals surface area contributed by atoms with Gasteiger partial charge in [0.15, 0.2) is 0 Å². The van der Waals surface area contributed by atoms with E-state index < -0.39 is 0 Å². The number of anilines is 1. The minimum atomic E-state index is -0.313. The quantitative estimate of drug-likeness (QED) is 0.799. The molecule has 0 aromatic heterocycles. The molecule has 0 amide bonds. The Morgan fingerprint density at radius 1 is 1.41 bits per heavy atom. The summed E-state index contributed by atoms with van der Waals surface area (Å²) in [4.78, 5) is 2.15. The predicted octanol–water partition coefficient (Wildman–Crippen LogP) is 2.28. The Labute approximate surface area is 103 Å². The van der Waals surface area contributed by atoms with E-state index >= 15 is 0 Å². The van der Waals surface area contributed by atoms with Crippen LogP contribution in [0.2, 0.25) is 0 Å². The lowest BCUT2D eigenvalue weighted by Gasteiger charge is -2.39. The summed E-state index contributed by atoms with van der Waals surface area (Å²) in [7, 11) is 2.04. The van der Waals surface area contributed by atoms with Crippen molar-refractivity contribution >= 4 is 5.69 Å². The SMILES string of the molecule is Cc1ccc(N(C)CC2(C#N)COC2)c(C)c1. The Kier molecular flexibility index (Phi) is 3.08. The molecule has 2 rings (SSSR count). The molecule has 1 aliphatic rings. The van der Waals surface area contributed by atoms with Crippen molar-refractivity contribution in [3.05, 3.63) is 29.3 Å². The minimum Gasteiger partial charge on any atom is -0.378 e. The van der Waals surface area contributed by atoms with Crippen LogP contribution in [0.3, 0.4) is 0 Å². The highest BCUT2D eigenvalue weighted by Crippen LogP contribution is 2.30. The van der Waals surface area contributed by atoms with E-state index in [9.17, 15) is 5.26 Å². The van der Waals surface area contributed by atoms with Crippen LogP contribution in [0.15, 0.2) is 18.2 Å². The molecule has 3 nitrogen and oxygen atoms in total. The van der Waals surface area contributed by atoms with Crippen molar-refractivity contribution in [1.29, 1.82) is 5.26 Å². The van der Waals surface area contributed by atoms with Crippen molar-refractivity contribution in [2.75, 3.05) is 31.7 Å². The molecule has 0 radical (unpaired) electrons. The van der Waals surface area contributed by atoms with Gasteiger partial charge in [-0.05, 0) is 25.5 Å². The van der Waals surface area contributed by atoms with Crippen LogP contribution in [-0.4, -0.2) is 26.8 Å². The van der Waals surface area contributed by atoms with Crippen LogP contribution < -0.4 is 4.90 Å². The number of nitriles is 1. The molecule has 0 aliphatic carbocycles. The minimum absolute atomic E-state index is 0.313. The second-order valence-electron chi connectivity index (χ2n) is 5.03. The van der Waals surface area contributed by atoms with Gasteiger partial charge in [-0.2, -0.15) is 5.26 Å². The molecule has 1 aromatic rings. The number of aryl methyl sites for hydroxylation is 2. The molecule has 0 N–H and O–H groups in total. The van der Waals surface area contributed by atoms with E-state index in [4.69, 9.17) is 4.74 Å². The molecular formula is C14H18N2O. The zero-order valence-corrected chi connectivity index (χ0v) is 10.7. The smallest absolute Gasteiger partial charge is 0.121 e. The molecule has 17 heavy (non-hydrogen) atoms. The number of rotatable bonds is 3. The maximum Gasteiger partial charge on any atom is 0.121 e. The van der Waals surface area contributed by atoms with Crippen LogP contribution in [0.4, 0.5) is 5.69 Å². The van der Waals surface area contributed by atoms with Gasteiger partial charge in [0.05, 0.1) is 19.3 Å². The van der Waals surface area contributed by atoms with E-state index in [2.05, 4.69) is 43.0 Å². The maximum atomic E-state index is 9.19. The first-order valence-corrected chi connectivity index (χ1v) is 5.84. The van der Waals surface area contributed by atoms with Gasteiger partial charge < -0.3 is 9.64 Å². The van der Waals surface area contributed by atoms with Crippen molar-refractivity contribution in [3.63, 3.8) is 0 Å². The molecule has 0 bridgehead atoms. The monoisotopic (exact) mass is 230 g/mol. The Balaban J connectivity index is 2.15. The van der Waals surface area contributed by atoms with Crippen LogP contribution in [0, 0.1) is 30.6 Å². The van der Waals surface area contributed by atoms with Crippen LogP contribution in [0.25, 0.3) is 0 Å². The lowest BCUT2D eigenvalue weighted by atomic mass is 9.87. The highest BCUT2D eigenvalue weighted by Gasteiger charge is 2.40. The standard InChI is InChI=1S/C14H18N2O/c1-11-4-5-13(12(2)6-11)16(3)8-14(7-15)9-17-10-14/h4-6H,8-10H2,1-3H3. The Hall–Kier alpha value is -1.53. The van der Waals surface area contributed by atoms with Crippen LogP contribution >= 0.6 is 0 Å². The topological polar surface area (TPSA) is 36.3 Å². The van der Waals surface area contributed by atoms with E-state index in [1.807, 2.05) is 7.05 Å². The molecule has 1 aromatic carbocycles. The fraction of sp³-hybridized carbons (Fsp3) is 0.500. The third kappa shape index (κ3) is 2.27. The van der Waals surface area contributed by atoms with Crippen molar-refractivity contribution < 1.29 is 4.74 Å². The van der Waals surface area contributed by atoms with Gasteiger partial charge in [-0.15, -0.1) is 0 Å². The summed E-state index contributed by atoms with van der Waals surface area (Å²) < 4.78 is 5.17. The van der Waals surface area contributed by atoms with Gasteiger partial charge in [0.2, 0.25) is 0 Å². The lowest BCUT2D eigenvalue weighted by molar-refractivity contribution is -0.0716. The number of ether oxygens (including phenoxy) is 1. The van der Waals surface area contributed by atoms with E-state index in [1.165, 1.54) is 16.8 Å². The molecule has 1 saturated heterocycles. The zero-order valence-electron chi connectivity index (χ0n) is 10.7. The molecular weight excluding hydrogens is 212 g/mol. The zero-order chi connectivity index (χ0) is 12.5. The molecule has 1 fully saturated rings. The van der Waals surface area contributed by atoms with Crippen LogP contribution in [-0.2, 0) is 4.74 Å².